The SMILES string of the molecule is CC(C)Nc1cc(-n2ncc3cc(C#N)cnc32)ncc1C(N)=O. The highest BCUT2D eigenvalue weighted by Gasteiger charge is 2.14. The van der Waals surface area contributed by atoms with Crippen LogP contribution in [0.4, 0.5) is 5.69 Å². The molecule has 0 spiro atoms. The Morgan fingerprint density at radius 3 is 2.75 bits per heavy atom. The number of primary amides is 1. The third kappa shape index (κ3) is 2.75. The normalized spacial score (nSPS) is 10.8. The fourth-order valence-electron chi connectivity index (χ4n) is 2.34. The van der Waals surface area contributed by atoms with Crippen molar-refractivity contribution in [2.45, 2.75) is 19.9 Å². The minimum atomic E-state index is -0.556. The molecule has 0 aliphatic rings. The number of hydrogen-bond acceptors (Lipinski definition) is 6. The van der Waals surface area contributed by atoms with Crippen molar-refractivity contribution in [2.75, 3.05) is 5.32 Å². The van der Waals surface area contributed by atoms with E-state index in [2.05, 4.69) is 20.4 Å². The van der Waals surface area contributed by atoms with Crippen LogP contribution in [-0.2, 0) is 0 Å². The molecule has 24 heavy (non-hydrogen) atoms. The van der Waals surface area contributed by atoms with E-state index >= 15 is 0 Å². The minimum absolute atomic E-state index is 0.115. The Morgan fingerprint density at radius 2 is 2.08 bits per heavy atom. The highest BCUT2D eigenvalue weighted by atomic mass is 16.1. The molecular formula is C16H15N7O. The zero-order chi connectivity index (χ0) is 17.3. The number of pyridine rings is 2. The highest BCUT2D eigenvalue weighted by molar-refractivity contribution is 5.98. The first kappa shape index (κ1) is 15.4. The predicted octanol–water partition coefficient (Wildman–Crippen LogP) is 1.61. The molecule has 3 rings (SSSR count). The Hall–Kier alpha value is -3.47. The van der Waals surface area contributed by atoms with E-state index in [-0.39, 0.29) is 6.04 Å². The summed E-state index contributed by atoms with van der Waals surface area (Å²) in [5, 5.41) is 17.1. The number of nitrogens with two attached hydrogens (primary N) is 1. The molecule has 120 valence electrons. The zero-order valence-electron chi connectivity index (χ0n) is 13.2. The van der Waals surface area contributed by atoms with Crippen molar-refractivity contribution >= 4 is 22.6 Å². The van der Waals surface area contributed by atoms with Gasteiger partial charge < -0.3 is 11.1 Å². The molecule has 1 amide bonds. The van der Waals surface area contributed by atoms with Gasteiger partial charge in [-0.15, -0.1) is 0 Å². The van der Waals surface area contributed by atoms with Crippen LogP contribution >= 0.6 is 0 Å². The lowest BCUT2D eigenvalue weighted by Crippen LogP contribution is -2.19. The highest BCUT2D eigenvalue weighted by Crippen LogP contribution is 2.21. The molecule has 0 aromatic carbocycles. The van der Waals surface area contributed by atoms with Gasteiger partial charge in [-0.2, -0.15) is 15.0 Å². The molecule has 3 heterocycles. The van der Waals surface area contributed by atoms with Gasteiger partial charge in [0.25, 0.3) is 5.91 Å². The van der Waals surface area contributed by atoms with E-state index in [0.29, 0.717) is 28.3 Å². The van der Waals surface area contributed by atoms with Crippen LogP contribution in [0.1, 0.15) is 29.8 Å². The van der Waals surface area contributed by atoms with E-state index in [1.165, 1.54) is 12.4 Å². The standard InChI is InChI=1S/C16H15N7O/c1-9(2)22-13-4-14(19-8-12(13)15(18)24)23-16-11(7-21-23)3-10(5-17)6-20-16/h3-4,6-9H,1-2H3,(H2,18,24)(H,19,22). The average Bonchev–Trinajstić information content (AvgIpc) is 2.96. The van der Waals surface area contributed by atoms with Crippen molar-refractivity contribution in [1.29, 1.82) is 5.26 Å². The molecular weight excluding hydrogens is 306 g/mol. The van der Waals surface area contributed by atoms with E-state index in [1.807, 2.05) is 19.9 Å². The Balaban J connectivity index is 2.13. The van der Waals surface area contributed by atoms with Gasteiger partial charge in [0, 0.05) is 29.9 Å². The van der Waals surface area contributed by atoms with Gasteiger partial charge in [0.15, 0.2) is 11.5 Å². The molecule has 8 nitrogen and oxygen atoms in total. The smallest absolute Gasteiger partial charge is 0.252 e. The summed E-state index contributed by atoms with van der Waals surface area (Å²) in [6, 6.07) is 5.56. The third-order valence-corrected chi connectivity index (χ3v) is 3.35. The van der Waals surface area contributed by atoms with Gasteiger partial charge in [-0.3, -0.25) is 4.79 Å². The van der Waals surface area contributed by atoms with E-state index in [0.717, 1.165) is 5.39 Å². The van der Waals surface area contributed by atoms with E-state index in [4.69, 9.17) is 11.0 Å². The van der Waals surface area contributed by atoms with Crippen molar-refractivity contribution in [1.82, 2.24) is 19.7 Å². The average molecular weight is 321 g/mol. The van der Waals surface area contributed by atoms with Crippen molar-refractivity contribution in [3.8, 4) is 11.9 Å². The van der Waals surface area contributed by atoms with Gasteiger partial charge in [-0.25, -0.2) is 9.97 Å². The van der Waals surface area contributed by atoms with Crippen molar-refractivity contribution in [2.24, 2.45) is 5.73 Å². The number of hydrogen-bond donors (Lipinski definition) is 2. The van der Waals surface area contributed by atoms with Crippen LogP contribution in [0.3, 0.4) is 0 Å². The fourth-order valence-corrected chi connectivity index (χ4v) is 2.34. The van der Waals surface area contributed by atoms with E-state index in [9.17, 15) is 4.79 Å². The molecule has 0 bridgehead atoms. The molecule has 0 unspecified atom stereocenters. The van der Waals surface area contributed by atoms with Crippen LogP contribution < -0.4 is 11.1 Å². The van der Waals surface area contributed by atoms with Crippen LogP contribution in [-0.4, -0.2) is 31.7 Å². The van der Waals surface area contributed by atoms with Gasteiger partial charge in [0.2, 0.25) is 0 Å². The van der Waals surface area contributed by atoms with E-state index < -0.39 is 5.91 Å². The molecule has 3 aromatic heterocycles. The largest absolute Gasteiger partial charge is 0.382 e. The molecule has 0 aliphatic carbocycles. The zero-order valence-corrected chi connectivity index (χ0v) is 13.2. The van der Waals surface area contributed by atoms with Gasteiger partial charge in [-0.1, -0.05) is 0 Å². The van der Waals surface area contributed by atoms with Gasteiger partial charge >= 0.3 is 0 Å². The molecule has 0 saturated carbocycles. The van der Waals surface area contributed by atoms with Gasteiger partial charge in [0.05, 0.1) is 23.0 Å². The summed E-state index contributed by atoms with van der Waals surface area (Å²) in [6.45, 7) is 3.91. The Kier molecular flexibility index (Phi) is 3.83. The number of anilines is 1. The Labute approximate surface area is 137 Å². The fraction of sp³-hybridized carbons (Fsp3) is 0.188. The number of nitrogens with one attached hydrogen (secondary N) is 1. The number of rotatable bonds is 4. The second-order valence-corrected chi connectivity index (χ2v) is 5.56. The lowest BCUT2D eigenvalue weighted by atomic mass is 10.2. The number of carbonyl (C=O) groups excluding carboxylic acids is 1. The molecule has 8 heteroatoms. The maximum Gasteiger partial charge on any atom is 0.252 e. The quantitative estimate of drug-likeness (QED) is 0.752. The summed E-state index contributed by atoms with van der Waals surface area (Å²) in [7, 11) is 0. The van der Waals surface area contributed by atoms with Gasteiger partial charge in [0.1, 0.15) is 6.07 Å². The molecule has 0 aliphatic heterocycles. The van der Waals surface area contributed by atoms with Crippen molar-refractivity contribution < 1.29 is 4.79 Å². The van der Waals surface area contributed by atoms with Crippen LogP contribution in [0.5, 0.6) is 0 Å². The topological polar surface area (TPSA) is 123 Å². The summed E-state index contributed by atoms with van der Waals surface area (Å²) in [5.74, 6) is -0.0605. The molecule has 3 N–H and O–H groups in total. The number of amides is 1. The van der Waals surface area contributed by atoms with E-state index in [1.54, 1.807) is 23.0 Å². The predicted molar refractivity (Wildman–Crippen MR) is 88.7 cm³/mol. The lowest BCUT2D eigenvalue weighted by molar-refractivity contribution is 0.100. The number of aromatic nitrogens is 4. The second-order valence-electron chi connectivity index (χ2n) is 5.56. The molecule has 0 radical (unpaired) electrons. The summed E-state index contributed by atoms with van der Waals surface area (Å²) in [5.41, 5.74) is 7.32. The van der Waals surface area contributed by atoms with Crippen molar-refractivity contribution in [3.05, 3.63) is 41.9 Å². The molecule has 0 saturated heterocycles. The monoisotopic (exact) mass is 321 g/mol. The first-order chi connectivity index (χ1) is 11.5. The molecule has 0 atom stereocenters. The Bertz CT molecular complexity index is 968. The first-order valence-electron chi connectivity index (χ1n) is 7.30. The Morgan fingerprint density at radius 1 is 1.29 bits per heavy atom. The summed E-state index contributed by atoms with van der Waals surface area (Å²) in [6.07, 6.45) is 4.51. The second kappa shape index (κ2) is 5.96. The number of fused-ring (bicyclic) bond motifs is 1. The van der Waals surface area contributed by atoms with Gasteiger partial charge in [-0.05, 0) is 19.9 Å². The summed E-state index contributed by atoms with van der Waals surface area (Å²) < 4.78 is 1.55. The number of nitrogens with zero attached hydrogens (tertiary/aromatic N) is 5. The third-order valence-electron chi connectivity index (χ3n) is 3.35. The summed E-state index contributed by atoms with van der Waals surface area (Å²) >= 11 is 0. The maximum atomic E-state index is 11.6. The lowest BCUT2D eigenvalue weighted by Gasteiger charge is -2.14. The maximum absolute atomic E-state index is 11.6. The minimum Gasteiger partial charge on any atom is -0.382 e. The van der Waals surface area contributed by atoms with Crippen LogP contribution in [0.15, 0.2) is 30.7 Å². The summed E-state index contributed by atoms with van der Waals surface area (Å²) in [4.78, 5) is 20.1. The van der Waals surface area contributed by atoms with Crippen molar-refractivity contribution in [3.63, 3.8) is 0 Å². The van der Waals surface area contributed by atoms with Crippen LogP contribution in [0, 0.1) is 11.3 Å². The van der Waals surface area contributed by atoms with Crippen LogP contribution in [0.2, 0.25) is 0 Å². The van der Waals surface area contributed by atoms with Crippen LogP contribution in [0.25, 0.3) is 16.9 Å². The number of nitriles is 1. The first-order valence-corrected chi connectivity index (χ1v) is 7.30. The molecule has 3 aromatic rings. The molecule has 0 fully saturated rings. The number of carbonyl (C=O) groups is 1.